The van der Waals surface area contributed by atoms with Crippen molar-refractivity contribution in [1.29, 1.82) is 0 Å². The lowest BCUT2D eigenvalue weighted by atomic mass is 10.3. The van der Waals surface area contributed by atoms with Crippen molar-refractivity contribution in [2.45, 2.75) is 0 Å². The zero-order valence-corrected chi connectivity index (χ0v) is 10.1. The van der Waals surface area contributed by atoms with Crippen LogP contribution in [-0.2, 0) is 0 Å². The fraction of sp³-hybridized carbons (Fsp3) is 0.500. The van der Waals surface area contributed by atoms with Crippen molar-refractivity contribution in [3.05, 3.63) is 18.7 Å². The van der Waals surface area contributed by atoms with E-state index < -0.39 is 0 Å². The second-order valence-electron chi connectivity index (χ2n) is 3.85. The van der Waals surface area contributed by atoms with Gasteiger partial charge in [0.1, 0.15) is 6.33 Å². The van der Waals surface area contributed by atoms with Crippen molar-refractivity contribution in [3.63, 3.8) is 0 Å². The van der Waals surface area contributed by atoms with Gasteiger partial charge in [0.15, 0.2) is 5.11 Å². The first-order chi connectivity index (χ1) is 7.75. The Hall–Kier alpha value is -1.27. The molecule has 1 saturated heterocycles. The Morgan fingerprint density at radius 2 is 1.88 bits per heavy atom. The summed E-state index contributed by atoms with van der Waals surface area (Å²) in [4.78, 5) is 12.3. The number of aromatic nitrogens is 2. The molecule has 0 atom stereocenters. The summed E-state index contributed by atoms with van der Waals surface area (Å²) >= 11 is 5.34. The van der Waals surface area contributed by atoms with E-state index in [2.05, 4.69) is 32.1 Å². The minimum atomic E-state index is 0.753. The van der Waals surface area contributed by atoms with Gasteiger partial charge in [-0.3, -0.25) is 0 Å². The SMILES string of the molecule is CN1CCN(C(=S)Nc2cncnc2)CC1. The number of rotatable bonds is 1. The van der Waals surface area contributed by atoms with Gasteiger partial charge < -0.3 is 15.1 Å². The van der Waals surface area contributed by atoms with Crippen molar-refractivity contribution < 1.29 is 0 Å². The smallest absolute Gasteiger partial charge is 0.173 e. The molecule has 1 aliphatic rings. The standard InChI is InChI=1S/C10H15N5S/c1-14-2-4-15(5-3-14)10(16)13-9-6-11-8-12-7-9/h6-8H,2-5H2,1H3,(H,13,16). The van der Waals surface area contributed by atoms with Crippen molar-refractivity contribution in [1.82, 2.24) is 19.8 Å². The van der Waals surface area contributed by atoms with Gasteiger partial charge >= 0.3 is 0 Å². The third kappa shape index (κ3) is 2.86. The van der Waals surface area contributed by atoms with Gasteiger partial charge in [0.2, 0.25) is 0 Å². The number of piperazine rings is 1. The molecule has 6 heteroatoms. The minimum Gasteiger partial charge on any atom is -0.346 e. The van der Waals surface area contributed by atoms with Crippen LogP contribution >= 0.6 is 12.2 Å². The maximum Gasteiger partial charge on any atom is 0.173 e. The number of anilines is 1. The predicted octanol–water partition coefficient (Wildman–Crippen LogP) is 0.421. The van der Waals surface area contributed by atoms with Crippen molar-refractivity contribution in [2.24, 2.45) is 0 Å². The fourth-order valence-corrected chi connectivity index (χ4v) is 1.88. The second-order valence-corrected chi connectivity index (χ2v) is 4.23. The van der Waals surface area contributed by atoms with Gasteiger partial charge in [-0.25, -0.2) is 9.97 Å². The maximum atomic E-state index is 5.34. The van der Waals surface area contributed by atoms with Crippen LogP contribution in [0.5, 0.6) is 0 Å². The van der Waals surface area contributed by atoms with Crippen LogP contribution in [0.1, 0.15) is 0 Å². The van der Waals surface area contributed by atoms with Gasteiger partial charge in [0, 0.05) is 26.2 Å². The van der Waals surface area contributed by atoms with Gasteiger partial charge in [0.05, 0.1) is 18.1 Å². The van der Waals surface area contributed by atoms with Crippen LogP contribution in [-0.4, -0.2) is 58.1 Å². The number of hydrogen-bond acceptors (Lipinski definition) is 4. The maximum absolute atomic E-state index is 5.34. The molecule has 1 aromatic heterocycles. The first-order valence-corrected chi connectivity index (χ1v) is 5.66. The molecule has 0 aliphatic carbocycles. The molecule has 1 N–H and O–H groups in total. The predicted molar refractivity (Wildman–Crippen MR) is 67.3 cm³/mol. The number of likely N-dealkylation sites (N-methyl/N-ethyl adjacent to an activating group) is 1. The summed E-state index contributed by atoms with van der Waals surface area (Å²) in [7, 11) is 2.12. The van der Waals surface area contributed by atoms with Crippen LogP contribution < -0.4 is 5.32 Å². The molecule has 16 heavy (non-hydrogen) atoms. The molecule has 0 saturated carbocycles. The van der Waals surface area contributed by atoms with Crippen LogP contribution in [0.4, 0.5) is 5.69 Å². The van der Waals surface area contributed by atoms with Crippen LogP contribution in [0.25, 0.3) is 0 Å². The van der Waals surface area contributed by atoms with E-state index >= 15 is 0 Å². The summed E-state index contributed by atoms with van der Waals surface area (Å²) in [5.41, 5.74) is 0.839. The molecule has 1 fully saturated rings. The number of thiocarbonyl (C=S) groups is 1. The van der Waals surface area contributed by atoms with Crippen LogP contribution in [0.15, 0.2) is 18.7 Å². The van der Waals surface area contributed by atoms with E-state index in [1.165, 1.54) is 6.33 Å². The molecular formula is C10H15N5S. The van der Waals surface area contributed by atoms with E-state index in [4.69, 9.17) is 12.2 Å². The largest absolute Gasteiger partial charge is 0.346 e. The number of nitrogens with one attached hydrogen (secondary N) is 1. The summed E-state index contributed by atoms with van der Waals surface area (Å²) < 4.78 is 0. The average molecular weight is 237 g/mol. The molecule has 2 rings (SSSR count). The van der Waals surface area contributed by atoms with E-state index in [0.29, 0.717) is 0 Å². The molecule has 0 amide bonds. The van der Waals surface area contributed by atoms with E-state index in [1.807, 2.05) is 0 Å². The summed E-state index contributed by atoms with van der Waals surface area (Å²) in [6.07, 6.45) is 4.94. The van der Waals surface area contributed by atoms with Gasteiger partial charge in [0.25, 0.3) is 0 Å². The highest BCUT2D eigenvalue weighted by Crippen LogP contribution is 2.05. The molecule has 1 aliphatic heterocycles. The summed E-state index contributed by atoms with van der Waals surface area (Å²) in [5.74, 6) is 0. The lowest BCUT2D eigenvalue weighted by molar-refractivity contribution is 0.217. The van der Waals surface area contributed by atoms with Crippen molar-refractivity contribution in [3.8, 4) is 0 Å². The highest BCUT2D eigenvalue weighted by atomic mass is 32.1. The molecule has 0 radical (unpaired) electrons. The quantitative estimate of drug-likeness (QED) is 0.714. The number of nitrogens with zero attached hydrogens (tertiary/aromatic N) is 4. The number of hydrogen-bond donors (Lipinski definition) is 1. The minimum absolute atomic E-state index is 0.753. The van der Waals surface area contributed by atoms with Gasteiger partial charge in [-0.1, -0.05) is 0 Å². The Balaban J connectivity index is 1.89. The topological polar surface area (TPSA) is 44.3 Å². The van der Waals surface area contributed by atoms with Crippen LogP contribution in [0.3, 0.4) is 0 Å². The third-order valence-electron chi connectivity index (χ3n) is 2.60. The second kappa shape index (κ2) is 5.18. The lowest BCUT2D eigenvalue weighted by Gasteiger charge is -2.34. The van der Waals surface area contributed by atoms with Crippen molar-refractivity contribution >= 4 is 23.0 Å². The normalized spacial score (nSPS) is 17.2. The van der Waals surface area contributed by atoms with Crippen molar-refractivity contribution in [2.75, 3.05) is 38.5 Å². The monoisotopic (exact) mass is 237 g/mol. The Kier molecular flexibility index (Phi) is 3.63. The zero-order valence-electron chi connectivity index (χ0n) is 9.26. The first-order valence-electron chi connectivity index (χ1n) is 5.25. The molecule has 0 aromatic carbocycles. The molecule has 0 spiro atoms. The highest BCUT2D eigenvalue weighted by molar-refractivity contribution is 7.80. The fourth-order valence-electron chi connectivity index (χ4n) is 1.58. The molecule has 86 valence electrons. The summed E-state index contributed by atoms with van der Waals surface area (Å²) in [6, 6.07) is 0. The Labute approximate surface area is 100 Å². The summed E-state index contributed by atoms with van der Waals surface area (Å²) in [5, 5.41) is 3.89. The van der Waals surface area contributed by atoms with Gasteiger partial charge in [-0.2, -0.15) is 0 Å². The Morgan fingerprint density at radius 3 is 2.50 bits per heavy atom. The van der Waals surface area contributed by atoms with Crippen LogP contribution in [0, 0.1) is 0 Å². The molecule has 5 nitrogen and oxygen atoms in total. The van der Waals surface area contributed by atoms with E-state index in [9.17, 15) is 0 Å². The zero-order chi connectivity index (χ0) is 11.4. The summed E-state index contributed by atoms with van der Waals surface area (Å²) in [6.45, 7) is 4.03. The molecule has 0 unspecified atom stereocenters. The highest BCUT2D eigenvalue weighted by Gasteiger charge is 2.16. The average Bonchev–Trinajstić information content (AvgIpc) is 2.31. The molecular weight excluding hydrogens is 222 g/mol. The molecule has 0 bridgehead atoms. The van der Waals surface area contributed by atoms with E-state index in [0.717, 1.165) is 37.0 Å². The lowest BCUT2D eigenvalue weighted by Crippen LogP contribution is -2.48. The van der Waals surface area contributed by atoms with Gasteiger partial charge in [-0.15, -0.1) is 0 Å². The van der Waals surface area contributed by atoms with E-state index in [-0.39, 0.29) is 0 Å². The Bertz CT molecular complexity index is 347. The molecule has 1 aromatic rings. The Morgan fingerprint density at radius 1 is 1.25 bits per heavy atom. The first kappa shape index (κ1) is 11.2. The van der Waals surface area contributed by atoms with Gasteiger partial charge in [-0.05, 0) is 19.3 Å². The van der Waals surface area contributed by atoms with Crippen LogP contribution in [0.2, 0.25) is 0 Å². The molecule has 2 heterocycles. The van der Waals surface area contributed by atoms with E-state index in [1.54, 1.807) is 12.4 Å². The third-order valence-corrected chi connectivity index (χ3v) is 2.96.